The van der Waals surface area contributed by atoms with Gasteiger partial charge in [0.05, 0.1) is 17.1 Å². The van der Waals surface area contributed by atoms with Crippen LogP contribution in [0.15, 0.2) is 162 Å². The fraction of sp³-hybridized carbons (Fsp3) is 0.125. The quantitative estimate of drug-likeness (QED) is 0.176. The van der Waals surface area contributed by atoms with E-state index in [2.05, 4.69) is 206 Å². The number of benzene rings is 7. The molecule has 0 N–H and O–H groups in total. The molecule has 0 radical (unpaired) electrons. The van der Waals surface area contributed by atoms with Crippen molar-refractivity contribution in [3.8, 4) is 44.5 Å². The lowest BCUT2D eigenvalue weighted by Gasteiger charge is -2.50. The Morgan fingerprint density at radius 2 is 0.700 bits per heavy atom. The zero-order valence-corrected chi connectivity index (χ0v) is 30.4. The summed E-state index contributed by atoms with van der Waals surface area (Å²) in [5.41, 5.74) is 18.7. The SMILES string of the molecule is CC1(C)c2cc(-c3ccccc3)ccc2N2c3ccc(-c4ccccc4)cc3C(C)(C)c3cc(-c4ccc(-c5ccc(Br)cc5)cc4)cc1c32. The van der Waals surface area contributed by atoms with E-state index in [1.807, 2.05) is 0 Å². The Hall–Kier alpha value is -5.18. The first-order valence-electron chi connectivity index (χ1n) is 17.5. The van der Waals surface area contributed by atoms with Gasteiger partial charge in [-0.05, 0) is 115 Å². The first-order chi connectivity index (χ1) is 24.2. The van der Waals surface area contributed by atoms with E-state index >= 15 is 0 Å². The van der Waals surface area contributed by atoms with Gasteiger partial charge in [-0.1, -0.05) is 153 Å². The molecule has 0 unspecified atom stereocenters. The summed E-state index contributed by atoms with van der Waals surface area (Å²) in [6.45, 7) is 9.65. The van der Waals surface area contributed by atoms with Gasteiger partial charge in [-0.25, -0.2) is 0 Å². The largest absolute Gasteiger partial charge is 0.309 e. The second-order valence-electron chi connectivity index (χ2n) is 14.8. The number of hydrogen-bond acceptors (Lipinski definition) is 1. The molecule has 0 saturated carbocycles. The molecule has 0 spiro atoms. The van der Waals surface area contributed by atoms with E-state index in [4.69, 9.17) is 0 Å². The molecule has 242 valence electrons. The van der Waals surface area contributed by atoms with Gasteiger partial charge in [0.15, 0.2) is 0 Å². The van der Waals surface area contributed by atoms with Crippen LogP contribution in [0.5, 0.6) is 0 Å². The van der Waals surface area contributed by atoms with Crippen molar-refractivity contribution in [1.82, 2.24) is 0 Å². The first kappa shape index (κ1) is 30.8. The molecule has 7 aromatic rings. The summed E-state index contributed by atoms with van der Waals surface area (Å²) in [6, 6.07) is 58.3. The van der Waals surface area contributed by atoms with Crippen molar-refractivity contribution in [2.75, 3.05) is 4.90 Å². The van der Waals surface area contributed by atoms with E-state index in [0.29, 0.717) is 0 Å². The molecular formula is C48H38BrN. The van der Waals surface area contributed by atoms with E-state index in [0.717, 1.165) is 4.47 Å². The highest BCUT2D eigenvalue weighted by molar-refractivity contribution is 9.10. The zero-order chi connectivity index (χ0) is 34.2. The van der Waals surface area contributed by atoms with Gasteiger partial charge in [0.2, 0.25) is 0 Å². The van der Waals surface area contributed by atoms with Gasteiger partial charge in [-0.3, -0.25) is 0 Å². The molecular weight excluding hydrogens is 670 g/mol. The van der Waals surface area contributed by atoms with Crippen molar-refractivity contribution in [3.63, 3.8) is 0 Å². The third-order valence-corrected chi connectivity index (χ3v) is 11.6. The summed E-state index contributed by atoms with van der Waals surface area (Å²) in [5.74, 6) is 0. The normalized spacial score (nSPS) is 14.8. The van der Waals surface area contributed by atoms with Gasteiger partial charge in [-0.15, -0.1) is 0 Å². The summed E-state index contributed by atoms with van der Waals surface area (Å²) in [4.78, 5) is 2.57. The second kappa shape index (κ2) is 11.4. The topological polar surface area (TPSA) is 3.24 Å². The molecule has 2 heteroatoms. The van der Waals surface area contributed by atoms with Crippen LogP contribution >= 0.6 is 15.9 Å². The smallest absolute Gasteiger partial charge is 0.0544 e. The van der Waals surface area contributed by atoms with Crippen molar-refractivity contribution < 1.29 is 0 Å². The fourth-order valence-corrected chi connectivity index (χ4v) is 8.50. The van der Waals surface area contributed by atoms with Crippen LogP contribution < -0.4 is 4.90 Å². The van der Waals surface area contributed by atoms with Gasteiger partial charge in [-0.2, -0.15) is 0 Å². The van der Waals surface area contributed by atoms with Gasteiger partial charge in [0, 0.05) is 15.3 Å². The predicted molar refractivity (Wildman–Crippen MR) is 215 cm³/mol. The number of halogens is 1. The van der Waals surface area contributed by atoms with Crippen LogP contribution in [0.2, 0.25) is 0 Å². The molecule has 50 heavy (non-hydrogen) atoms. The maximum atomic E-state index is 3.58. The van der Waals surface area contributed by atoms with Crippen molar-refractivity contribution in [2.45, 2.75) is 38.5 Å². The minimum Gasteiger partial charge on any atom is -0.309 e. The van der Waals surface area contributed by atoms with Gasteiger partial charge >= 0.3 is 0 Å². The monoisotopic (exact) mass is 707 g/mol. The highest BCUT2D eigenvalue weighted by Gasteiger charge is 2.46. The number of nitrogens with zero attached hydrogens (tertiary/aromatic N) is 1. The maximum absolute atomic E-state index is 3.58. The van der Waals surface area contributed by atoms with Crippen LogP contribution in [0, 0.1) is 0 Å². The Bertz CT molecular complexity index is 2280. The summed E-state index contributed by atoms with van der Waals surface area (Å²) in [7, 11) is 0. The summed E-state index contributed by atoms with van der Waals surface area (Å²) < 4.78 is 1.09. The van der Waals surface area contributed by atoms with E-state index in [-0.39, 0.29) is 10.8 Å². The zero-order valence-electron chi connectivity index (χ0n) is 28.8. The van der Waals surface area contributed by atoms with Crippen molar-refractivity contribution in [3.05, 3.63) is 184 Å². The lowest BCUT2D eigenvalue weighted by Crippen LogP contribution is -2.38. The van der Waals surface area contributed by atoms with Crippen LogP contribution in [-0.2, 0) is 10.8 Å². The molecule has 0 amide bonds. The van der Waals surface area contributed by atoms with Crippen molar-refractivity contribution in [2.24, 2.45) is 0 Å². The van der Waals surface area contributed by atoms with E-state index in [1.165, 1.54) is 83.8 Å². The molecule has 9 rings (SSSR count). The van der Waals surface area contributed by atoms with Crippen LogP contribution in [0.4, 0.5) is 17.1 Å². The molecule has 0 fully saturated rings. The van der Waals surface area contributed by atoms with Crippen molar-refractivity contribution >= 4 is 33.0 Å². The average molecular weight is 709 g/mol. The lowest BCUT2D eigenvalue weighted by atomic mass is 9.65. The van der Waals surface area contributed by atoms with E-state index in [1.54, 1.807) is 0 Å². The van der Waals surface area contributed by atoms with Crippen LogP contribution in [-0.4, -0.2) is 0 Å². The predicted octanol–water partition coefficient (Wildman–Crippen LogP) is 13.9. The molecule has 0 bridgehead atoms. The Morgan fingerprint density at radius 1 is 0.360 bits per heavy atom. The van der Waals surface area contributed by atoms with E-state index < -0.39 is 0 Å². The maximum Gasteiger partial charge on any atom is 0.0544 e. The Morgan fingerprint density at radius 3 is 1.14 bits per heavy atom. The third kappa shape index (κ3) is 4.81. The molecule has 0 aromatic heterocycles. The standard InChI is InChI=1S/C48H38BrN/c1-47(2)40-27-36(31-11-7-5-8-12-31)21-25-44(40)50-45-26-22-37(32-13-9-6-10-14-32)28-41(45)48(3,4)43-30-38(29-42(47)46(43)50)35-17-15-33(16-18-35)34-19-23-39(49)24-20-34/h5-30H,1-4H3. The third-order valence-electron chi connectivity index (χ3n) is 11.1. The van der Waals surface area contributed by atoms with Crippen molar-refractivity contribution in [1.29, 1.82) is 0 Å². The van der Waals surface area contributed by atoms with Crippen LogP contribution in [0.3, 0.4) is 0 Å². The number of anilines is 3. The van der Waals surface area contributed by atoms with E-state index in [9.17, 15) is 0 Å². The molecule has 2 aliphatic rings. The summed E-state index contributed by atoms with van der Waals surface area (Å²) >= 11 is 3.58. The average Bonchev–Trinajstić information content (AvgIpc) is 3.15. The minimum absolute atomic E-state index is 0.231. The number of rotatable bonds is 4. The molecule has 2 heterocycles. The number of hydrogen-bond donors (Lipinski definition) is 0. The Balaban J connectivity index is 1.27. The van der Waals surface area contributed by atoms with Gasteiger partial charge in [0.1, 0.15) is 0 Å². The second-order valence-corrected chi connectivity index (χ2v) is 15.7. The molecule has 2 aliphatic heterocycles. The van der Waals surface area contributed by atoms with Gasteiger partial charge < -0.3 is 4.90 Å². The number of fused-ring (bicyclic) bond motifs is 4. The van der Waals surface area contributed by atoms with Gasteiger partial charge in [0.25, 0.3) is 0 Å². The highest BCUT2D eigenvalue weighted by atomic mass is 79.9. The molecule has 0 atom stereocenters. The lowest BCUT2D eigenvalue weighted by molar-refractivity contribution is 0.598. The molecule has 7 aromatic carbocycles. The van der Waals surface area contributed by atoms with Crippen LogP contribution in [0.1, 0.15) is 49.9 Å². The minimum atomic E-state index is -0.231. The summed E-state index contributed by atoms with van der Waals surface area (Å²) in [6.07, 6.45) is 0. The molecule has 0 saturated heterocycles. The summed E-state index contributed by atoms with van der Waals surface area (Å²) in [5, 5.41) is 0. The molecule has 1 nitrogen and oxygen atoms in total. The Labute approximate surface area is 304 Å². The molecule has 0 aliphatic carbocycles. The van der Waals surface area contributed by atoms with Crippen LogP contribution in [0.25, 0.3) is 44.5 Å². The first-order valence-corrected chi connectivity index (χ1v) is 18.2. The highest BCUT2D eigenvalue weighted by Crippen LogP contribution is 2.61. The Kier molecular flexibility index (Phi) is 7.06. The fourth-order valence-electron chi connectivity index (χ4n) is 8.24.